The Bertz CT molecular complexity index is 505. The third-order valence-corrected chi connectivity index (χ3v) is 3.37. The SMILES string of the molecule is CCNCc1sc(-c2ccoc2)nc1C(F)(F)F. The predicted octanol–water partition coefficient (Wildman–Crippen LogP) is 3.53. The molecule has 0 spiro atoms. The molecule has 0 atom stereocenters. The minimum atomic E-state index is -4.43. The van der Waals surface area contributed by atoms with E-state index in [1.54, 1.807) is 6.07 Å². The van der Waals surface area contributed by atoms with E-state index < -0.39 is 11.9 Å². The van der Waals surface area contributed by atoms with Crippen molar-refractivity contribution in [1.29, 1.82) is 0 Å². The van der Waals surface area contributed by atoms with E-state index in [1.165, 1.54) is 12.5 Å². The van der Waals surface area contributed by atoms with Gasteiger partial charge >= 0.3 is 6.18 Å². The Hall–Kier alpha value is -1.34. The standard InChI is InChI=1S/C11H11F3N2OS/c1-2-15-5-8-9(11(12,13)14)16-10(18-8)7-3-4-17-6-7/h3-4,6,15H,2,5H2,1H3. The molecule has 0 radical (unpaired) electrons. The summed E-state index contributed by atoms with van der Waals surface area (Å²) in [5.74, 6) is 0. The first-order valence-corrected chi connectivity index (χ1v) is 6.14. The molecular weight excluding hydrogens is 265 g/mol. The predicted molar refractivity (Wildman–Crippen MR) is 62.2 cm³/mol. The normalized spacial score (nSPS) is 12.0. The molecule has 0 saturated carbocycles. The molecule has 2 heterocycles. The fraction of sp³-hybridized carbons (Fsp3) is 0.364. The first kappa shape index (κ1) is 13.1. The summed E-state index contributed by atoms with van der Waals surface area (Å²) in [5.41, 5.74) is -0.252. The second kappa shape index (κ2) is 5.11. The second-order valence-corrected chi connectivity index (χ2v) is 4.66. The van der Waals surface area contributed by atoms with Gasteiger partial charge in [0.15, 0.2) is 5.69 Å². The van der Waals surface area contributed by atoms with Crippen LogP contribution >= 0.6 is 11.3 Å². The van der Waals surface area contributed by atoms with Crippen LogP contribution in [0.1, 0.15) is 17.5 Å². The minimum absolute atomic E-state index is 0.168. The van der Waals surface area contributed by atoms with E-state index in [4.69, 9.17) is 4.42 Å². The van der Waals surface area contributed by atoms with Crippen LogP contribution in [0, 0.1) is 0 Å². The van der Waals surface area contributed by atoms with Crippen LogP contribution in [0.3, 0.4) is 0 Å². The van der Waals surface area contributed by atoms with Gasteiger partial charge in [-0.1, -0.05) is 6.92 Å². The van der Waals surface area contributed by atoms with Gasteiger partial charge in [0.1, 0.15) is 11.3 Å². The van der Waals surface area contributed by atoms with Gasteiger partial charge in [0.05, 0.1) is 11.1 Å². The molecule has 0 bridgehead atoms. The zero-order valence-corrected chi connectivity index (χ0v) is 10.4. The van der Waals surface area contributed by atoms with Gasteiger partial charge in [-0.2, -0.15) is 13.2 Å². The highest BCUT2D eigenvalue weighted by atomic mass is 32.1. The second-order valence-electron chi connectivity index (χ2n) is 3.58. The van der Waals surface area contributed by atoms with Crippen molar-refractivity contribution in [3.8, 4) is 10.6 Å². The Kier molecular flexibility index (Phi) is 3.72. The lowest BCUT2D eigenvalue weighted by Crippen LogP contribution is -2.15. The molecule has 3 nitrogen and oxygen atoms in total. The van der Waals surface area contributed by atoms with E-state index >= 15 is 0 Å². The molecule has 0 aromatic carbocycles. The monoisotopic (exact) mass is 276 g/mol. The van der Waals surface area contributed by atoms with Crippen molar-refractivity contribution < 1.29 is 17.6 Å². The molecule has 0 saturated heterocycles. The number of rotatable bonds is 4. The summed E-state index contributed by atoms with van der Waals surface area (Å²) in [6.45, 7) is 2.61. The van der Waals surface area contributed by atoms with Gasteiger partial charge in [-0.05, 0) is 12.6 Å². The zero-order chi connectivity index (χ0) is 13.2. The van der Waals surface area contributed by atoms with E-state index in [0.29, 0.717) is 17.1 Å². The van der Waals surface area contributed by atoms with Gasteiger partial charge in [-0.15, -0.1) is 11.3 Å². The lowest BCUT2D eigenvalue weighted by molar-refractivity contribution is -0.141. The summed E-state index contributed by atoms with van der Waals surface area (Å²) < 4.78 is 43.3. The average Bonchev–Trinajstić information content (AvgIpc) is 2.93. The van der Waals surface area contributed by atoms with Crippen molar-refractivity contribution in [2.24, 2.45) is 0 Å². The number of hydrogen-bond acceptors (Lipinski definition) is 4. The molecule has 0 unspecified atom stereocenters. The third-order valence-electron chi connectivity index (χ3n) is 2.27. The van der Waals surface area contributed by atoms with Crippen LogP contribution in [0.2, 0.25) is 0 Å². The van der Waals surface area contributed by atoms with E-state index in [9.17, 15) is 13.2 Å². The van der Waals surface area contributed by atoms with Crippen LogP contribution in [-0.2, 0) is 12.7 Å². The van der Waals surface area contributed by atoms with Crippen molar-refractivity contribution in [1.82, 2.24) is 10.3 Å². The smallest absolute Gasteiger partial charge is 0.434 e. The maximum atomic E-state index is 12.8. The number of alkyl halides is 3. The molecule has 98 valence electrons. The molecule has 0 fully saturated rings. The number of nitrogens with zero attached hydrogens (tertiary/aromatic N) is 1. The van der Waals surface area contributed by atoms with Crippen LogP contribution in [0.15, 0.2) is 23.0 Å². The fourth-order valence-electron chi connectivity index (χ4n) is 1.44. The molecular formula is C11H11F3N2OS. The van der Waals surface area contributed by atoms with Crippen molar-refractivity contribution in [3.05, 3.63) is 29.2 Å². The summed E-state index contributed by atoms with van der Waals surface area (Å²) in [7, 11) is 0. The van der Waals surface area contributed by atoms with Crippen LogP contribution < -0.4 is 5.32 Å². The van der Waals surface area contributed by atoms with Crippen molar-refractivity contribution in [2.45, 2.75) is 19.6 Å². The highest BCUT2D eigenvalue weighted by Gasteiger charge is 2.37. The van der Waals surface area contributed by atoms with Crippen LogP contribution in [0.25, 0.3) is 10.6 Å². The molecule has 0 amide bonds. The van der Waals surface area contributed by atoms with E-state index in [-0.39, 0.29) is 11.4 Å². The van der Waals surface area contributed by atoms with Gasteiger partial charge in [-0.3, -0.25) is 0 Å². The Morgan fingerprint density at radius 2 is 2.22 bits per heavy atom. The number of aromatic nitrogens is 1. The molecule has 0 aliphatic heterocycles. The van der Waals surface area contributed by atoms with Gasteiger partial charge in [0.2, 0.25) is 0 Å². The number of furan rings is 1. The van der Waals surface area contributed by atoms with Crippen LogP contribution in [0.5, 0.6) is 0 Å². The maximum Gasteiger partial charge on any atom is 0.434 e. The number of thiazole rings is 1. The molecule has 18 heavy (non-hydrogen) atoms. The number of hydrogen-bond donors (Lipinski definition) is 1. The summed E-state index contributed by atoms with van der Waals surface area (Å²) in [5, 5.41) is 3.21. The molecule has 0 aliphatic rings. The third kappa shape index (κ3) is 2.73. The summed E-state index contributed by atoms with van der Waals surface area (Å²) in [6, 6.07) is 1.59. The largest absolute Gasteiger partial charge is 0.472 e. The van der Waals surface area contributed by atoms with E-state index in [0.717, 1.165) is 11.3 Å². The molecule has 1 N–H and O–H groups in total. The molecule has 2 rings (SSSR count). The lowest BCUT2D eigenvalue weighted by Gasteiger charge is -2.05. The van der Waals surface area contributed by atoms with Crippen molar-refractivity contribution in [3.63, 3.8) is 0 Å². The summed E-state index contributed by atoms with van der Waals surface area (Å²) in [4.78, 5) is 3.87. The van der Waals surface area contributed by atoms with E-state index in [1.807, 2.05) is 6.92 Å². The summed E-state index contributed by atoms with van der Waals surface area (Å²) in [6.07, 6.45) is -1.63. The average molecular weight is 276 g/mol. The molecule has 7 heteroatoms. The van der Waals surface area contributed by atoms with Gasteiger partial charge < -0.3 is 9.73 Å². The molecule has 0 aliphatic carbocycles. The minimum Gasteiger partial charge on any atom is -0.472 e. The molecule has 2 aromatic rings. The maximum absolute atomic E-state index is 12.8. The van der Waals surface area contributed by atoms with Gasteiger partial charge in [0.25, 0.3) is 0 Å². The van der Waals surface area contributed by atoms with E-state index in [2.05, 4.69) is 10.3 Å². The highest BCUT2D eigenvalue weighted by molar-refractivity contribution is 7.15. The fourth-order valence-corrected chi connectivity index (χ4v) is 2.48. The van der Waals surface area contributed by atoms with Crippen LogP contribution in [-0.4, -0.2) is 11.5 Å². The Morgan fingerprint density at radius 3 is 2.78 bits per heavy atom. The molecule has 2 aromatic heterocycles. The number of halogens is 3. The quantitative estimate of drug-likeness (QED) is 0.928. The lowest BCUT2D eigenvalue weighted by atomic mass is 10.3. The topological polar surface area (TPSA) is 38.1 Å². The first-order valence-electron chi connectivity index (χ1n) is 5.32. The Labute approximate surface area is 106 Å². The Balaban J connectivity index is 2.38. The van der Waals surface area contributed by atoms with Crippen molar-refractivity contribution >= 4 is 11.3 Å². The first-order chi connectivity index (χ1) is 8.52. The van der Waals surface area contributed by atoms with Crippen molar-refractivity contribution in [2.75, 3.05) is 6.54 Å². The number of nitrogens with one attached hydrogen (secondary N) is 1. The van der Waals surface area contributed by atoms with Gasteiger partial charge in [0, 0.05) is 12.1 Å². The zero-order valence-electron chi connectivity index (χ0n) is 9.54. The van der Waals surface area contributed by atoms with Gasteiger partial charge in [-0.25, -0.2) is 4.98 Å². The Morgan fingerprint density at radius 1 is 1.44 bits per heavy atom. The highest BCUT2D eigenvalue weighted by Crippen LogP contribution is 2.37. The summed E-state index contributed by atoms with van der Waals surface area (Å²) >= 11 is 1.03. The van der Waals surface area contributed by atoms with Crippen LogP contribution in [0.4, 0.5) is 13.2 Å².